The van der Waals surface area contributed by atoms with Gasteiger partial charge in [-0.3, -0.25) is 4.79 Å². The zero-order valence-electron chi connectivity index (χ0n) is 12.2. The maximum Gasteiger partial charge on any atom is 0.242 e. The van der Waals surface area contributed by atoms with Crippen molar-refractivity contribution in [2.45, 2.75) is 6.54 Å². The van der Waals surface area contributed by atoms with Crippen molar-refractivity contribution in [2.75, 3.05) is 39.9 Å². The minimum Gasteiger partial charge on any atom is -0.378 e. The number of carbonyl (C=O) groups excluding carboxylic acids is 1. The van der Waals surface area contributed by atoms with Crippen molar-refractivity contribution in [2.24, 2.45) is 0 Å². The minimum absolute atomic E-state index is 0.0876. The predicted octanol–water partition coefficient (Wildman–Crippen LogP) is 0.852. The van der Waals surface area contributed by atoms with Crippen molar-refractivity contribution < 1.29 is 9.53 Å². The Kier molecular flexibility index (Phi) is 5.95. The van der Waals surface area contributed by atoms with Crippen LogP contribution in [0.15, 0.2) is 30.3 Å². The van der Waals surface area contributed by atoms with Crippen molar-refractivity contribution in [3.8, 4) is 0 Å². The molecule has 1 aromatic carbocycles. The Balaban J connectivity index is 1.75. The van der Waals surface area contributed by atoms with Crippen molar-refractivity contribution in [3.63, 3.8) is 0 Å². The Morgan fingerprint density at radius 3 is 2.67 bits per heavy atom. The zero-order valence-corrected chi connectivity index (χ0v) is 13.1. The zero-order chi connectivity index (χ0) is 15.1. The molecule has 1 aliphatic heterocycles. The summed E-state index contributed by atoms with van der Waals surface area (Å²) in [7, 11) is 1.83. The van der Waals surface area contributed by atoms with Gasteiger partial charge in [-0.15, -0.1) is 0 Å². The number of ether oxygens (including phenoxy) is 1. The van der Waals surface area contributed by atoms with Crippen molar-refractivity contribution >= 4 is 23.2 Å². The van der Waals surface area contributed by atoms with Crippen LogP contribution in [0.25, 0.3) is 0 Å². The van der Waals surface area contributed by atoms with Gasteiger partial charge in [0.1, 0.15) is 0 Å². The molecule has 5 nitrogen and oxygen atoms in total. The van der Waals surface area contributed by atoms with E-state index in [0.29, 0.717) is 44.5 Å². The largest absolute Gasteiger partial charge is 0.378 e. The number of amides is 1. The number of nitrogens with zero attached hydrogens (tertiary/aromatic N) is 2. The van der Waals surface area contributed by atoms with E-state index in [9.17, 15) is 4.79 Å². The quantitative estimate of drug-likeness (QED) is 0.836. The number of nitrogens with one attached hydrogen (secondary N) is 1. The van der Waals surface area contributed by atoms with Crippen LogP contribution in [0.2, 0.25) is 0 Å². The van der Waals surface area contributed by atoms with Gasteiger partial charge in [0.25, 0.3) is 0 Å². The van der Waals surface area contributed by atoms with Crippen LogP contribution in [0.1, 0.15) is 5.56 Å². The van der Waals surface area contributed by atoms with Crippen LogP contribution in [-0.2, 0) is 16.1 Å². The first-order valence-corrected chi connectivity index (χ1v) is 7.46. The van der Waals surface area contributed by atoms with Gasteiger partial charge in [-0.1, -0.05) is 30.3 Å². The molecule has 0 aliphatic carbocycles. The summed E-state index contributed by atoms with van der Waals surface area (Å²) in [6.45, 7) is 3.52. The summed E-state index contributed by atoms with van der Waals surface area (Å²) < 4.78 is 5.24. The molecule has 114 valence electrons. The molecule has 0 spiro atoms. The number of carbonyl (C=O) groups is 1. The van der Waals surface area contributed by atoms with E-state index in [-0.39, 0.29) is 5.91 Å². The highest BCUT2D eigenvalue weighted by atomic mass is 32.1. The monoisotopic (exact) mass is 307 g/mol. The number of morpholine rings is 1. The fourth-order valence-corrected chi connectivity index (χ4v) is 2.23. The average Bonchev–Trinajstić information content (AvgIpc) is 2.54. The van der Waals surface area contributed by atoms with Gasteiger partial charge in [0.05, 0.1) is 19.8 Å². The Bertz CT molecular complexity index is 475. The normalized spacial score (nSPS) is 14.6. The Labute approximate surface area is 130 Å². The lowest BCUT2D eigenvalue weighted by molar-refractivity contribution is -0.135. The van der Waals surface area contributed by atoms with E-state index in [2.05, 4.69) is 5.32 Å². The van der Waals surface area contributed by atoms with Gasteiger partial charge >= 0.3 is 0 Å². The van der Waals surface area contributed by atoms with Crippen molar-refractivity contribution in [3.05, 3.63) is 35.9 Å². The molecular formula is C15H21N3O2S. The highest BCUT2D eigenvalue weighted by Gasteiger charge is 2.18. The van der Waals surface area contributed by atoms with Crippen LogP contribution >= 0.6 is 12.2 Å². The van der Waals surface area contributed by atoms with Gasteiger partial charge in [-0.25, -0.2) is 0 Å². The molecule has 0 radical (unpaired) electrons. The van der Waals surface area contributed by atoms with E-state index in [0.717, 1.165) is 5.56 Å². The Hall–Kier alpha value is -1.66. The summed E-state index contributed by atoms with van der Waals surface area (Å²) in [6, 6.07) is 10.0. The lowest BCUT2D eigenvalue weighted by Gasteiger charge is -2.29. The van der Waals surface area contributed by atoms with Crippen LogP contribution in [0.4, 0.5) is 0 Å². The van der Waals surface area contributed by atoms with Crippen LogP contribution < -0.4 is 5.32 Å². The first-order chi connectivity index (χ1) is 10.2. The smallest absolute Gasteiger partial charge is 0.242 e. The SMILES string of the molecule is CN(CC(=O)N1CCOCC1)C(=S)NCc1ccccc1. The third-order valence-electron chi connectivity index (χ3n) is 3.37. The molecule has 0 aromatic heterocycles. The minimum atomic E-state index is 0.0876. The molecule has 1 heterocycles. The predicted molar refractivity (Wildman–Crippen MR) is 85.9 cm³/mol. The van der Waals surface area contributed by atoms with Gasteiger partial charge < -0.3 is 19.9 Å². The molecule has 2 rings (SSSR count). The third-order valence-corrected chi connectivity index (χ3v) is 3.83. The second kappa shape index (κ2) is 7.95. The summed E-state index contributed by atoms with van der Waals surface area (Å²) in [6.07, 6.45) is 0. The third kappa shape index (κ3) is 4.99. The number of rotatable bonds is 4. The first-order valence-electron chi connectivity index (χ1n) is 7.05. The van der Waals surface area contributed by atoms with E-state index in [1.807, 2.05) is 42.3 Å². The van der Waals surface area contributed by atoms with Gasteiger partial charge in [-0.2, -0.15) is 0 Å². The summed E-state index contributed by atoms with van der Waals surface area (Å²) in [5.74, 6) is 0.0876. The lowest BCUT2D eigenvalue weighted by atomic mass is 10.2. The van der Waals surface area contributed by atoms with E-state index in [4.69, 9.17) is 17.0 Å². The standard InChI is InChI=1S/C15H21N3O2S/c1-17(12-14(19)18-7-9-20-10-8-18)15(21)16-11-13-5-3-2-4-6-13/h2-6H,7-12H2,1H3,(H,16,21). The number of hydrogen-bond acceptors (Lipinski definition) is 3. The molecule has 0 bridgehead atoms. The van der Waals surface area contributed by atoms with E-state index in [1.165, 1.54) is 0 Å². The topological polar surface area (TPSA) is 44.8 Å². The molecule has 0 saturated carbocycles. The molecule has 1 N–H and O–H groups in total. The summed E-state index contributed by atoms with van der Waals surface area (Å²) >= 11 is 5.32. The van der Waals surface area contributed by atoms with E-state index in [1.54, 1.807) is 4.90 Å². The lowest BCUT2D eigenvalue weighted by Crippen LogP contribution is -2.47. The van der Waals surface area contributed by atoms with Gasteiger partial charge in [0.15, 0.2) is 5.11 Å². The molecule has 1 fully saturated rings. The van der Waals surface area contributed by atoms with Crippen LogP contribution in [0.3, 0.4) is 0 Å². The summed E-state index contributed by atoms with van der Waals surface area (Å²) in [5.41, 5.74) is 1.16. The number of benzene rings is 1. The summed E-state index contributed by atoms with van der Waals surface area (Å²) in [5, 5.41) is 3.75. The van der Waals surface area contributed by atoms with E-state index >= 15 is 0 Å². The molecule has 0 atom stereocenters. The van der Waals surface area contributed by atoms with Gasteiger partial charge in [0.2, 0.25) is 5.91 Å². The molecule has 1 aliphatic rings. The van der Waals surface area contributed by atoms with Crippen LogP contribution in [0, 0.1) is 0 Å². The maximum absolute atomic E-state index is 12.1. The van der Waals surface area contributed by atoms with Crippen LogP contribution in [0.5, 0.6) is 0 Å². The fourth-order valence-electron chi connectivity index (χ4n) is 2.10. The number of likely N-dealkylation sites (N-methyl/N-ethyl adjacent to an activating group) is 1. The molecule has 6 heteroatoms. The molecule has 1 aromatic rings. The highest BCUT2D eigenvalue weighted by molar-refractivity contribution is 7.80. The highest BCUT2D eigenvalue weighted by Crippen LogP contribution is 2.00. The van der Waals surface area contributed by atoms with Crippen LogP contribution in [-0.4, -0.2) is 60.7 Å². The fraction of sp³-hybridized carbons (Fsp3) is 0.467. The number of hydrogen-bond donors (Lipinski definition) is 1. The van der Waals surface area contributed by atoms with E-state index < -0.39 is 0 Å². The summed E-state index contributed by atoms with van der Waals surface area (Å²) in [4.78, 5) is 15.7. The molecule has 1 amide bonds. The Morgan fingerprint density at radius 2 is 2.00 bits per heavy atom. The second-order valence-electron chi connectivity index (χ2n) is 4.99. The Morgan fingerprint density at radius 1 is 1.33 bits per heavy atom. The molecule has 21 heavy (non-hydrogen) atoms. The van der Waals surface area contributed by atoms with Gasteiger partial charge in [-0.05, 0) is 17.8 Å². The average molecular weight is 307 g/mol. The molecule has 0 unspecified atom stereocenters. The van der Waals surface area contributed by atoms with Crippen molar-refractivity contribution in [1.29, 1.82) is 0 Å². The molecular weight excluding hydrogens is 286 g/mol. The first kappa shape index (κ1) is 15.7. The maximum atomic E-state index is 12.1. The number of thiocarbonyl (C=S) groups is 1. The second-order valence-corrected chi connectivity index (χ2v) is 5.38. The van der Waals surface area contributed by atoms with Gasteiger partial charge in [0, 0.05) is 26.7 Å². The van der Waals surface area contributed by atoms with Crippen molar-refractivity contribution in [1.82, 2.24) is 15.1 Å². The molecule has 1 saturated heterocycles.